The Morgan fingerprint density at radius 3 is 2.29 bits per heavy atom. The van der Waals surface area contributed by atoms with E-state index < -0.39 is 10.0 Å². The highest BCUT2D eigenvalue weighted by Gasteiger charge is 2.43. The molecule has 0 radical (unpaired) electrons. The van der Waals surface area contributed by atoms with Crippen LogP contribution in [0.25, 0.3) is 0 Å². The van der Waals surface area contributed by atoms with Gasteiger partial charge in [0.2, 0.25) is 15.9 Å². The van der Waals surface area contributed by atoms with Gasteiger partial charge in [0.15, 0.2) is 0 Å². The maximum absolute atomic E-state index is 13.6. The van der Waals surface area contributed by atoms with Crippen molar-refractivity contribution in [1.82, 2.24) is 9.62 Å². The first-order valence-corrected chi connectivity index (χ1v) is 12.4. The van der Waals surface area contributed by atoms with Crippen molar-refractivity contribution in [3.05, 3.63) is 65.5 Å². The lowest BCUT2D eigenvalue weighted by molar-refractivity contribution is -0.124. The average molecular weight is 445 g/mol. The number of hydrogen-bond donors (Lipinski definition) is 1. The van der Waals surface area contributed by atoms with Crippen LogP contribution in [0.15, 0.2) is 53.4 Å². The van der Waals surface area contributed by atoms with E-state index in [1.54, 1.807) is 36.4 Å². The van der Waals surface area contributed by atoms with Gasteiger partial charge in [0, 0.05) is 18.5 Å². The number of sulfonamides is 1. The average Bonchev–Trinajstić information content (AvgIpc) is 3.43. The van der Waals surface area contributed by atoms with Crippen LogP contribution >= 0.6 is 0 Å². The topological polar surface area (TPSA) is 66.5 Å². The quantitative estimate of drug-likeness (QED) is 0.721. The molecule has 1 heterocycles. The number of nitrogens with one attached hydrogen (secondary N) is 1. The minimum atomic E-state index is -3.79. The molecule has 0 bridgehead atoms. The molecule has 2 aromatic carbocycles. The summed E-state index contributed by atoms with van der Waals surface area (Å²) >= 11 is 0. The van der Waals surface area contributed by atoms with Crippen LogP contribution in [0.4, 0.5) is 4.39 Å². The summed E-state index contributed by atoms with van der Waals surface area (Å²) < 4.78 is 42.3. The van der Waals surface area contributed by atoms with Crippen molar-refractivity contribution in [2.75, 3.05) is 6.54 Å². The predicted octanol–water partition coefficient (Wildman–Crippen LogP) is 4.33. The maximum atomic E-state index is 13.6. The van der Waals surface area contributed by atoms with Crippen molar-refractivity contribution in [2.45, 2.75) is 62.4 Å². The first kappa shape index (κ1) is 22.0. The van der Waals surface area contributed by atoms with E-state index in [1.165, 1.54) is 16.4 Å². The summed E-state index contributed by atoms with van der Waals surface area (Å²) in [5.41, 5.74) is 1.75. The van der Waals surface area contributed by atoms with Gasteiger partial charge in [0.05, 0.1) is 10.9 Å². The molecule has 4 rings (SSSR count). The molecule has 2 aliphatic rings. The molecule has 166 valence electrons. The van der Waals surface area contributed by atoms with E-state index >= 15 is 0 Å². The van der Waals surface area contributed by atoms with Gasteiger partial charge in [-0.1, -0.05) is 42.7 Å². The predicted molar refractivity (Wildman–Crippen MR) is 117 cm³/mol. The van der Waals surface area contributed by atoms with Crippen molar-refractivity contribution < 1.29 is 17.6 Å². The van der Waals surface area contributed by atoms with Crippen molar-refractivity contribution >= 4 is 15.9 Å². The maximum Gasteiger partial charge on any atom is 0.243 e. The number of aryl methyl sites for hydroxylation is 1. The molecule has 1 aliphatic carbocycles. The fourth-order valence-corrected chi connectivity index (χ4v) is 6.65. The lowest BCUT2D eigenvalue weighted by Crippen LogP contribution is -2.45. The van der Waals surface area contributed by atoms with Crippen LogP contribution in [0.5, 0.6) is 0 Å². The zero-order valence-electron chi connectivity index (χ0n) is 17.8. The van der Waals surface area contributed by atoms with Gasteiger partial charge < -0.3 is 5.32 Å². The molecule has 1 amide bonds. The summed E-state index contributed by atoms with van der Waals surface area (Å²) in [6.07, 6.45) is 5.21. The van der Waals surface area contributed by atoms with Crippen LogP contribution in [-0.4, -0.2) is 31.2 Å². The van der Waals surface area contributed by atoms with E-state index in [9.17, 15) is 17.6 Å². The van der Waals surface area contributed by atoms with Crippen molar-refractivity contribution in [3.63, 3.8) is 0 Å². The lowest BCUT2D eigenvalue weighted by Gasteiger charge is -2.30. The molecule has 1 aliphatic heterocycles. The van der Waals surface area contributed by atoms with Gasteiger partial charge in [0.1, 0.15) is 5.82 Å². The Kier molecular flexibility index (Phi) is 6.44. The Morgan fingerprint density at radius 2 is 1.65 bits per heavy atom. The van der Waals surface area contributed by atoms with Crippen molar-refractivity contribution in [2.24, 2.45) is 5.92 Å². The molecule has 2 atom stereocenters. The van der Waals surface area contributed by atoms with Gasteiger partial charge in [-0.3, -0.25) is 4.79 Å². The van der Waals surface area contributed by atoms with Crippen LogP contribution in [0.1, 0.15) is 55.7 Å². The Labute approximate surface area is 183 Å². The van der Waals surface area contributed by atoms with Gasteiger partial charge in [0.25, 0.3) is 0 Å². The fraction of sp³-hybridized carbons (Fsp3) is 0.458. The Balaban J connectivity index is 1.61. The summed E-state index contributed by atoms with van der Waals surface area (Å²) in [5.74, 6) is -0.290. The third kappa shape index (κ3) is 4.67. The largest absolute Gasteiger partial charge is 0.354 e. The van der Waals surface area contributed by atoms with Crippen LogP contribution < -0.4 is 5.32 Å². The number of benzene rings is 2. The molecule has 7 heteroatoms. The SMILES string of the molecule is Cc1ccc(S(=O)(=O)N2C(CNC(=O)C3CCCC3)CCC2c2ccc(F)cc2)cc1. The van der Waals surface area contributed by atoms with Crippen LogP contribution in [-0.2, 0) is 14.8 Å². The molecule has 2 unspecified atom stereocenters. The highest BCUT2D eigenvalue weighted by Crippen LogP contribution is 2.40. The number of carbonyl (C=O) groups excluding carboxylic acids is 1. The normalized spacial score (nSPS) is 22.6. The van der Waals surface area contributed by atoms with Crippen LogP contribution in [0.3, 0.4) is 0 Å². The van der Waals surface area contributed by atoms with E-state index in [0.29, 0.717) is 12.8 Å². The molecular weight excluding hydrogens is 415 g/mol. The van der Waals surface area contributed by atoms with E-state index in [1.807, 2.05) is 6.92 Å². The molecule has 5 nitrogen and oxygen atoms in total. The third-order valence-electron chi connectivity index (χ3n) is 6.53. The summed E-state index contributed by atoms with van der Waals surface area (Å²) in [6, 6.07) is 12.1. The minimum absolute atomic E-state index is 0.0235. The second kappa shape index (κ2) is 9.09. The van der Waals surface area contributed by atoms with E-state index in [-0.39, 0.29) is 41.2 Å². The first-order valence-electron chi connectivity index (χ1n) is 11.0. The van der Waals surface area contributed by atoms with Gasteiger partial charge in [-0.2, -0.15) is 4.31 Å². The molecular formula is C24H29FN2O3S. The molecule has 31 heavy (non-hydrogen) atoms. The van der Waals surface area contributed by atoms with Crippen LogP contribution in [0, 0.1) is 18.7 Å². The summed E-state index contributed by atoms with van der Waals surface area (Å²) in [4.78, 5) is 12.8. The standard InChI is InChI=1S/C24H29FN2O3S/c1-17-6-13-22(14-7-17)31(29,30)27-21(16-26-24(28)19-4-2-3-5-19)12-15-23(27)18-8-10-20(25)11-9-18/h6-11,13-14,19,21,23H,2-5,12,15-16H2,1H3,(H,26,28). The Morgan fingerprint density at radius 1 is 1.00 bits per heavy atom. The van der Waals surface area contributed by atoms with E-state index in [2.05, 4.69) is 5.32 Å². The Bertz CT molecular complexity index is 1020. The zero-order chi connectivity index (χ0) is 22.0. The number of carbonyl (C=O) groups is 1. The van der Waals surface area contributed by atoms with E-state index in [0.717, 1.165) is 36.8 Å². The molecule has 1 saturated heterocycles. The van der Waals surface area contributed by atoms with Crippen LogP contribution in [0.2, 0.25) is 0 Å². The highest BCUT2D eigenvalue weighted by atomic mass is 32.2. The molecule has 1 saturated carbocycles. The minimum Gasteiger partial charge on any atom is -0.354 e. The van der Waals surface area contributed by atoms with Crippen molar-refractivity contribution in [1.29, 1.82) is 0 Å². The molecule has 0 spiro atoms. The lowest BCUT2D eigenvalue weighted by atomic mass is 10.1. The van der Waals surface area contributed by atoms with Gasteiger partial charge in [-0.15, -0.1) is 0 Å². The summed E-state index contributed by atoms with van der Waals surface area (Å²) in [5, 5.41) is 3.01. The molecule has 2 aromatic rings. The number of nitrogens with zero attached hydrogens (tertiary/aromatic N) is 1. The highest BCUT2D eigenvalue weighted by molar-refractivity contribution is 7.89. The first-order chi connectivity index (χ1) is 14.9. The number of hydrogen-bond acceptors (Lipinski definition) is 3. The van der Waals surface area contributed by atoms with Gasteiger partial charge in [-0.25, -0.2) is 12.8 Å². The number of amides is 1. The monoisotopic (exact) mass is 444 g/mol. The second-order valence-corrected chi connectivity index (χ2v) is 10.5. The second-order valence-electron chi connectivity index (χ2n) is 8.67. The van der Waals surface area contributed by atoms with Gasteiger partial charge in [-0.05, 0) is 62.4 Å². The summed E-state index contributed by atoms with van der Waals surface area (Å²) in [7, 11) is -3.79. The molecule has 1 N–H and O–H groups in total. The van der Waals surface area contributed by atoms with Crippen molar-refractivity contribution in [3.8, 4) is 0 Å². The Hall–Kier alpha value is -2.25. The summed E-state index contributed by atoms with van der Waals surface area (Å²) in [6.45, 7) is 2.20. The molecule has 0 aromatic heterocycles. The zero-order valence-corrected chi connectivity index (χ0v) is 18.6. The molecule has 2 fully saturated rings. The fourth-order valence-electron chi connectivity index (χ4n) is 4.80. The number of halogens is 1. The van der Waals surface area contributed by atoms with Gasteiger partial charge >= 0.3 is 0 Å². The van der Waals surface area contributed by atoms with E-state index in [4.69, 9.17) is 0 Å². The third-order valence-corrected chi connectivity index (χ3v) is 8.51. The number of rotatable bonds is 6. The smallest absolute Gasteiger partial charge is 0.243 e.